The molecule has 9 nitrogen and oxygen atoms in total. The van der Waals surface area contributed by atoms with Crippen molar-refractivity contribution in [2.45, 2.75) is 134 Å². The van der Waals surface area contributed by atoms with Crippen LogP contribution in [0.1, 0.15) is 93.0 Å². The molecule has 39 heteroatoms. The van der Waals surface area contributed by atoms with Gasteiger partial charge in [0.2, 0.25) is 7.34 Å². The molecule has 2 aliphatic rings. The van der Waals surface area contributed by atoms with E-state index in [9.17, 15) is 14.4 Å². The van der Waals surface area contributed by atoms with E-state index in [4.69, 9.17) is 23.0 Å². The summed E-state index contributed by atoms with van der Waals surface area (Å²) in [5.41, 5.74) is 2.34. The zero-order valence-electron chi connectivity index (χ0n) is 44.8. The predicted molar refractivity (Wildman–Crippen MR) is 198 cm³/mol. The first-order valence-electron chi connectivity index (χ1n) is 17.6. The predicted octanol–water partition coefficient (Wildman–Crippen LogP) is 7.41. The van der Waals surface area contributed by atoms with Gasteiger partial charge < -0.3 is 18.9 Å². The Hall–Kier alpha value is 25.5. The Labute approximate surface area is 1080 Å². The molecule has 0 bridgehead atoms. The van der Waals surface area contributed by atoms with Crippen LogP contribution in [0.4, 0.5) is 4.39 Å². The van der Waals surface area contributed by atoms with Gasteiger partial charge in [-0.1, -0.05) is 45.9 Å². The summed E-state index contributed by atoms with van der Waals surface area (Å²) in [7, 11) is 3.07. The molecule has 1 aromatic rings. The SMILES string of the molecule is [2H]CC1OC(N2C=CC(=O)CC2=O)C(F)C1OP(OCCc1ccccc1CSSC(C)(C)CCC(=O)CCC#C)N(C(C)C)C(C)C.[3H]OC.[U].[U].[U].[U].[U].[U].[U].[U].[U].[U].[U].[U].[U].[U].[U].[U].[U].[U].[U].[U].[U].[U].[U].[U].[U].[U]. The number of ketones is 2. The van der Waals surface area contributed by atoms with Crippen molar-refractivity contribution in [3.63, 3.8) is 0 Å². The van der Waals surface area contributed by atoms with Crippen LogP contribution in [0.25, 0.3) is 0 Å². The smallest absolute Gasteiger partial charge is 0.259 e. The van der Waals surface area contributed by atoms with E-state index < -0.39 is 39.0 Å². The molecule has 0 radical (unpaired) electrons. The van der Waals surface area contributed by atoms with Crippen molar-refractivity contribution in [2.24, 2.45) is 0 Å². The molecule has 3 rings (SSSR count). The summed E-state index contributed by atoms with van der Waals surface area (Å²) < 4.78 is 50.4. The Bertz CT molecular complexity index is 1400. The van der Waals surface area contributed by atoms with Crippen LogP contribution < -0.4 is 0 Å². The van der Waals surface area contributed by atoms with Gasteiger partial charge in [0.1, 0.15) is 11.9 Å². The maximum atomic E-state index is 16.0. The third-order valence-electron chi connectivity index (χ3n) is 7.78. The number of allylic oxidation sites excluding steroid dienone is 1. The quantitative estimate of drug-likeness (QED) is 0.0653. The molecular weight excluding hydrogens is 6880 g/mol. The number of hydrogen-bond donors (Lipinski definition) is 1. The summed E-state index contributed by atoms with van der Waals surface area (Å²) in [6.07, 6.45) is 5.21. The van der Waals surface area contributed by atoms with Gasteiger partial charge in [-0.2, -0.15) is 0 Å². The van der Waals surface area contributed by atoms with Crippen LogP contribution in [0, 0.1) is 821 Å². The number of aliphatic hydroxyl groups excluding tert-OH is 1. The number of amides is 1. The van der Waals surface area contributed by atoms with E-state index in [0.29, 0.717) is 32.3 Å². The second-order valence-corrected chi connectivity index (χ2v) is 17.3. The number of hydrogen-bond acceptors (Lipinski definition) is 10. The second-order valence-electron chi connectivity index (χ2n) is 12.8. The van der Waals surface area contributed by atoms with E-state index in [1.54, 1.807) is 21.6 Å². The van der Waals surface area contributed by atoms with E-state index in [2.05, 4.69) is 41.7 Å². The average molecular weight is 6930 g/mol. The molecule has 0 aromatic heterocycles. The standard InChI is InChI=1S/C35H50FN2O6PS2.CH4O.26U/c1-9-10-15-29(39)16-19-35(7,8)47-46-23-28-14-12-11-13-27(28)18-21-42-45(38(24(2)3)25(4)5)44-33-26(6)43-34(32(33)36)37-20-17-30(40)22-31(37)41;1-2;;;;;;;;;;;;;;;;;;;;;;;;;;/h1,11-14,17,20,24-26,32-34H,10,15-16,18-19,21-23H2,2-8H3;2H,1H3;;;;;;;;;;;;;;;;;;;;;;;;;;/i6D;2T;;;;;;;;;;;;;;;;;;;;;;;;;;. The minimum absolute atomic E-state index is 0. The number of nitrogens with zero attached hydrogens (tertiary/aromatic N) is 2. The van der Waals surface area contributed by atoms with Crippen LogP contribution in [-0.4, -0.2) is 88.7 Å². The van der Waals surface area contributed by atoms with Crippen molar-refractivity contribution in [3.05, 3.63) is 47.7 Å². The molecule has 2 heterocycles. The maximum Gasteiger partial charge on any atom is 0.259 e. The molecule has 75 heavy (non-hydrogen) atoms. The normalized spacial score (nSPS) is 14.5. The first-order valence-corrected chi connectivity index (χ1v) is 19.9. The molecule has 5 unspecified atom stereocenters. The minimum atomic E-state index is -1.77. The summed E-state index contributed by atoms with van der Waals surface area (Å²) in [6.45, 7) is 12.5. The first-order chi connectivity index (χ1) is 24.2. The molecule has 0 saturated carbocycles. The van der Waals surface area contributed by atoms with Gasteiger partial charge in [-0.25, -0.2) is 9.06 Å². The molecule has 1 saturated heterocycles. The zero-order valence-corrected chi connectivity index (χ0v) is 154. The number of halogens is 1. The molecular formula is C36H54FN2O7PS2U26. The van der Waals surface area contributed by atoms with Gasteiger partial charge in [-0.15, -0.1) is 12.3 Å². The van der Waals surface area contributed by atoms with Crippen LogP contribution in [0.3, 0.4) is 0 Å². The topological polar surface area (TPSA) is 106 Å². The van der Waals surface area contributed by atoms with Crippen LogP contribution in [-0.2, 0) is 40.3 Å². The number of aliphatic hydroxyl groups is 1. The molecule has 1 aromatic carbocycles. The number of terminal acetylenes is 1. The van der Waals surface area contributed by atoms with Gasteiger partial charge in [-0.05, 0) is 78.5 Å². The van der Waals surface area contributed by atoms with Gasteiger partial charge in [0.15, 0.2) is 18.2 Å². The summed E-state index contributed by atoms with van der Waals surface area (Å²) >= 11 is 0. The van der Waals surface area contributed by atoms with Crippen molar-refractivity contribution in [1.29, 1.82) is 1.43 Å². The molecule has 0 aliphatic carbocycles. The number of carbonyl (C=O) groups is 3. The molecule has 1 N–H and O–H groups in total. The van der Waals surface area contributed by atoms with E-state index >= 15 is 4.39 Å². The van der Waals surface area contributed by atoms with Gasteiger partial charge >= 0.3 is 0 Å². The minimum Gasteiger partial charge on any atom is -0.400 e. The summed E-state index contributed by atoms with van der Waals surface area (Å²) in [4.78, 5) is 37.4. The largest absolute Gasteiger partial charge is 0.400 e. The van der Waals surface area contributed by atoms with Crippen molar-refractivity contribution in [1.82, 2.24) is 9.57 Å². The van der Waals surface area contributed by atoms with Crippen molar-refractivity contribution in [2.75, 3.05) is 13.7 Å². The monoisotopic (exact) mass is 6930 g/mol. The number of alkyl halides is 1. The Morgan fingerprint density at radius 1 is 0.853 bits per heavy atom. The van der Waals surface area contributed by atoms with E-state index in [-0.39, 0.29) is 851 Å². The number of carbonyl (C=O) groups excluding carboxylic acids is 3. The maximum absolute atomic E-state index is 16.0. The molecule has 2 aliphatic heterocycles. The Morgan fingerprint density at radius 3 is 1.69 bits per heavy atom. The number of ether oxygens (including phenoxy) is 1. The molecule has 1 amide bonds. The summed E-state index contributed by atoms with van der Waals surface area (Å²) in [6, 6.07) is 8.27. The third-order valence-corrected chi connectivity index (χ3v) is 13.2. The number of Topliss-reactive ketones (excluding diaryl/α,β-unsaturated/α-hetero) is 1. The van der Waals surface area contributed by atoms with Crippen LogP contribution in [0.2, 0.25) is 0 Å². The van der Waals surface area contributed by atoms with Gasteiger partial charge in [0.25, 0.3) is 8.53 Å². The van der Waals surface area contributed by atoms with Crippen molar-refractivity contribution in [3.8, 4) is 12.3 Å². The zero-order chi connectivity index (χ0) is 38.1. The molecule has 5 atom stereocenters. The van der Waals surface area contributed by atoms with E-state index in [1.165, 1.54) is 24.9 Å². The van der Waals surface area contributed by atoms with Gasteiger partial charge in [0.05, 0.1) is 19.1 Å². The Kier molecular flexibility index (Phi) is 244. The Balaban J connectivity index is -0.0000000396. The Morgan fingerprint density at radius 2 is 1.29 bits per heavy atom. The fraction of sp³-hybridized carbons (Fsp3) is 0.639. The average Bonchev–Trinajstić information content (AvgIpc) is 3.37. The van der Waals surface area contributed by atoms with Crippen molar-refractivity contribution >= 4 is 47.6 Å². The fourth-order valence-electron chi connectivity index (χ4n) is 5.29. The van der Waals surface area contributed by atoms with Crippen molar-refractivity contribution < 1.29 is 848 Å². The van der Waals surface area contributed by atoms with E-state index in [0.717, 1.165) is 22.6 Å². The molecule has 378 valence electrons. The van der Waals surface area contributed by atoms with Crippen LogP contribution in [0.15, 0.2) is 36.5 Å². The van der Waals surface area contributed by atoms with Gasteiger partial charge in [-0.3, -0.25) is 19.3 Å². The molecule has 0 spiro atoms. The summed E-state index contributed by atoms with van der Waals surface area (Å²) in [5.74, 6) is 2.63. The summed E-state index contributed by atoms with van der Waals surface area (Å²) in [5, 5.41) is 3.50. The second kappa shape index (κ2) is 110. The number of benzene rings is 1. The van der Waals surface area contributed by atoms with Crippen LogP contribution in [0.5, 0.6) is 0 Å². The fourth-order valence-corrected chi connectivity index (χ4v) is 9.79. The van der Waals surface area contributed by atoms with Gasteiger partial charge in [0, 0.05) is 865 Å². The molecule has 1 fully saturated rings. The van der Waals surface area contributed by atoms with Crippen LogP contribution >= 0.6 is 30.1 Å². The first kappa shape index (κ1) is 166. The third kappa shape index (κ3) is 80.4. The number of rotatable bonds is 19. The van der Waals surface area contributed by atoms with E-state index in [1.807, 2.05) is 39.8 Å².